The molecule has 1 heterocycles. The molecule has 18 heavy (non-hydrogen) atoms. The molecular weight excluding hydrogens is 250 g/mol. The molecule has 2 fully saturated rings. The molecular formula is C13H18ClN3O. The van der Waals surface area contributed by atoms with Crippen molar-refractivity contribution in [1.82, 2.24) is 9.78 Å². The maximum absolute atomic E-state index is 12.3. The van der Waals surface area contributed by atoms with Crippen molar-refractivity contribution in [2.24, 2.45) is 5.92 Å². The summed E-state index contributed by atoms with van der Waals surface area (Å²) in [5.41, 5.74) is 0.469. The van der Waals surface area contributed by atoms with Crippen molar-refractivity contribution in [3.8, 4) is 0 Å². The van der Waals surface area contributed by atoms with E-state index in [1.807, 2.05) is 0 Å². The summed E-state index contributed by atoms with van der Waals surface area (Å²) in [5.74, 6) is 0.618. The van der Waals surface area contributed by atoms with Crippen LogP contribution in [0.2, 0.25) is 5.02 Å². The second kappa shape index (κ2) is 4.92. The minimum absolute atomic E-state index is 0.0682. The standard InChI is InChI=1S/C13H18ClN3O/c14-11-7-15-17(8-9-3-1-4-9)13(18)12(11)16-10-5-2-6-10/h7,9-10,16H,1-6,8H2. The Morgan fingerprint density at radius 1 is 1.33 bits per heavy atom. The molecule has 0 amide bonds. The van der Waals surface area contributed by atoms with Gasteiger partial charge in [0.15, 0.2) is 0 Å². The number of halogens is 1. The third-order valence-corrected chi connectivity index (χ3v) is 4.39. The zero-order valence-electron chi connectivity index (χ0n) is 10.4. The highest BCUT2D eigenvalue weighted by Gasteiger charge is 2.23. The number of hydrogen-bond donors (Lipinski definition) is 1. The van der Waals surface area contributed by atoms with Crippen LogP contribution in [0.15, 0.2) is 11.0 Å². The predicted octanol–water partition coefficient (Wildman–Crippen LogP) is 2.66. The number of anilines is 1. The summed E-state index contributed by atoms with van der Waals surface area (Å²) >= 11 is 6.07. The summed E-state index contributed by atoms with van der Waals surface area (Å²) in [5, 5.41) is 7.84. The van der Waals surface area contributed by atoms with Gasteiger partial charge in [0, 0.05) is 12.6 Å². The Bertz CT molecular complexity index is 491. The summed E-state index contributed by atoms with van der Waals surface area (Å²) in [7, 11) is 0. The molecule has 0 spiro atoms. The Hall–Kier alpha value is -1.03. The number of nitrogens with one attached hydrogen (secondary N) is 1. The van der Waals surface area contributed by atoms with Gasteiger partial charge >= 0.3 is 0 Å². The van der Waals surface area contributed by atoms with Gasteiger partial charge in [0.1, 0.15) is 5.69 Å². The monoisotopic (exact) mass is 267 g/mol. The van der Waals surface area contributed by atoms with Gasteiger partial charge < -0.3 is 5.32 Å². The molecule has 0 saturated heterocycles. The van der Waals surface area contributed by atoms with Gasteiger partial charge in [-0.15, -0.1) is 0 Å². The molecule has 0 radical (unpaired) electrons. The van der Waals surface area contributed by atoms with Crippen LogP contribution in [-0.4, -0.2) is 15.8 Å². The summed E-state index contributed by atoms with van der Waals surface area (Å²) < 4.78 is 1.57. The SMILES string of the molecule is O=c1c(NC2CCC2)c(Cl)cnn1CC1CCC1. The van der Waals surface area contributed by atoms with E-state index in [0.717, 1.165) is 19.4 Å². The van der Waals surface area contributed by atoms with Gasteiger partial charge in [0.2, 0.25) is 0 Å². The first-order valence-corrected chi connectivity index (χ1v) is 7.14. The maximum Gasteiger partial charge on any atom is 0.291 e. The Labute approximate surface area is 111 Å². The second-order valence-electron chi connectivity index (χ2n) is 5.42. The predicted molar refractivity (Wildman–Crippen MR) is 72.1 cm³/mol. The first kappa shape index (κ1) is 12.0. The first-order chi connectivity index (χ1) is 8.74. The fraction of sp³-hybridized carbons (Fsp3) is 0.692. The van der Waals surface area contributed by atoms with E-state index >= 15 is 0 Å². The van der Waals surface area contributed by atoms with Crippen LogP contribution in [0.1, 0.15) is 38.5 Å². The van der Waals surface area contributed by atoms with Crippen molar-refractivity contribution in [3.05, 3.63) is 21.6 Å². The lowest BCUT2D eigenvalue weighted by atomic mass is 9.85. The van der Waals surface area contributed by atoms with Crippen molar-refractivity contribution in [2.75, 3.05) is 5.32 Å². The van der Waals surface area contributed by atoms with E-state index in [1.54, 1.807) is 10.9 Å². The summed E-state index contributed by atoms with van der Waals surface area (Å²) in [6.45, 7) is 0.731. The Morgan fingerprint density at radius 3 is 2.61 bits per heavy atom. The average Bonchev–Trinajstić information content (AvgIpc) is 2.23. The van der Waals surface area contributed by atoms with Gasteiger partial charge in [0.05, 0.1) is 11.2 Å². The van der Waals surface area contributed by atoms with E-state index < -0.39 is 0 Å². The van der Waals surface area contributed by atoms with Crippen LogP contribution in [-0.2, 0) is 6.54 Å². The molecule has 1 aromatic rings. The van der Waals surface area contributed by atoms with Crippen LogP contribution in [0.3, 0.4) is 0 Å². The third-order valence-electron chi connectivity index (χ3n) is 4.11. The van der Waals surface area contributed by atoms with Crippen molar-refractivity contribution < 1.29 is 0 Å². The highest BCUT2D eigenvalue weighted by Crippen LogP contribution is 2.28. The molecule has 4 nitrogen and oxygen atoms in total. The third kappa shape index (κ3) is 2.26. The maximum atomic E-state index is 12.3. The first-order valence-electron chi connectivity index (χ1n) is 6.76. The molecule has 2 saturated carbocycles. The van der Waals surface area contributed by atoms with Gasteiger partial charge in [-0.2, -0.15) is 5.10 Å². The topological polar surface area (TPSA) is 46.9 Å². The normalized spacial score (nSPS) is 20.3. The largest absolute Gasteiger partial charge is 0.377 e. The molecule has 0 aliphatic heterocycles. The fourth-order valence-electron chi connectivity index (χ4n) is 2.41. The van der Waals surface area contributed by atoms with Crippen LogP contribution in [0.25, 0.3) is 0 Å². The summed E-state index contributed by atoms with van der Waals surface area (Å²) in [6.07, 6.45) is 8.77. The number of nitrogens with zero attached hydrogens (tertiary/aromatic N) is 2. The number of hydrogen-bond acceptors (Lipinski definition) is 3. The lowest BCUT2D eigenvalue weighted by Gasteiger charge is -2.28. The van der Waals surface area contributed by atoms with Crippen LogP contribution >= 0.6 is 11.6 Å². The lowest BCUT2D eigenvalue weighted by molar-refractivity contribution is 0.262. The lowest BCUT2D eigenvalue weighted by Crippen LogP contribution is -2.35. The van der Waals surface area contributed by atoms with Gasteiger partial charge in [-0.25, -0.2) is 4.68 Å². The molecule has 3 rings (SSSR count). The van der Waals surface area contributed by atoms with E-state index in [-0.39, 0.29) is 5.56 Å². The van der Waals surface area contributed by atoms with Crippen molar-refractivity contribution in [1.29, 1.82) is 0 Å². The molecule has 5 heteroatoms. The molecule has 0 unspecified atom stereocenters. The minimum Gasteiger partial charge on any atom is -0.377 e. The van der Waals surface area contributed by atoms with Gasteiger partial charge in [-0.3, -0.25) is 4.79 Å². The highest BCUT2D eigenvalue weighted by atomic mass is 35.5. The molecule has 2 aliphatic carbocycles. The molecule has 1 N–H and O–H groups in total. The van der Waals surface area contributed by atoms with Crippen LogP contribution in [0.5, 0.6) is 0 Å². The van der Waals surface area contributed by atoms with Crippen molar-refractivity contribution in [2.45, 2.75) is 51.1 Å². The summed E-state index contributed by atoms with van der Waals surface area (Å²) in [4.78, 5) is 12.3. The highest BCUT2D eigenvalue weighted by molar-refractivity contribution is 6.33. The van der Waals surface area contributed by atoms with Crippen molar-refractivity contribution >= 4 is 17.3 Å². The number of aromatic nitrogens is 2. The molecule has 0 aromatic carbocycles. The molecule has 1 aromatic heterocycles. The van der Waals surface area contributed by atoms with Crippen LogP contribution in [0.4, 0.5) is 5.69 Å². The second-order valence-corrected chi connectivity index (χ2v) is 5.83. The van der Waals surface area contributed by atoms with Gasteiger partial charge in [-0.1, -0.05) is 18.0 Å². The van der Waals surface area contributed by atoms with Crippen LogP contribution < -0.4 is 10.9 Å². The van der Waals surface area contributed by atoms with E-state index in [2.05, 4.69) is 10.4 Å². The summed E-state index contributed by atoms with van der Waals surface area (Å²) in [6, 6.07) is 0.412. The minimum atomic E-state index is -0.0682. The van der Waals surface area contributed by atoms with Crippen LogP contribution in [0, 0.1) is 5.92 Å². The molecule has 2 aliphatic rings. The van der Waals surface area contributed by atoms with Gasteiger partial charge in [-0.05, 0) is 38.0 Å². The molecule has 0 atom stereocenters. The van der Waals surface area contributed by atoms with E-state index in [1.165, 1.54) is 25.7 Å². The number of rotatable bonds is 4. The molecule has 98 valence electrons. The Kier molecular flexibility index (Phi) is 3.29. The average molecular weight is 268 g/mol. The van der Waals surface area contributed by atoms with E-state index in [4.69, 9.17) is 11.6 Å². The Balaban J connectivity index is 1.81. The smallest absolute Gasteiger partial charge is 0.291 e. The van der Waals surface area contributed by atoms with E-state index in [9.17, 15) is 4.79 Å². The van der Waals surface area contributed by atoms with E-state index in [0.29, 0.717) is 22.7 Å². The van der Waals surface area contributed by atoms with Gasteiger partial charge in [0.25, 0.3) is 5.56 Å². The zero-order valence-corrected chi connectivity index (χ0v) is 11.1. The zero-order chi connectivity index (χ0) is 12.5. The molecule has 0 bridgehead atoms. The van der Waals surface area contributed by atoms with Crippen molar-refractivity contribution in [3.63, 3.8) is 0 Å². The fourth-order valence-corrected chi connectivity index (χ4v) is 2.58. The quantitative estimate of drug-likeness (QED) is 0.912. The Morgan fingerprint density at radius 2 is 2.06 bits per heavy atom.